The van der Waals surface area contributed by atoms with Gasteiger partial charge in [0.2, 0.25) is 0 Å². The predicted octanol–water partition coefficient (Wildman–Crippen LogP) is 1.58. The summed E-state index contributed by atoms with van der Waals surface area (Å²) in [6.45, 7) is 0. The molecule has 0 aliphatic heterocycles. The van der Waals surface area contributed by atoms with Crippen LogP contribution in [0, 0.1) is 11.3 Å². The number of nitriles is 1. The second-order valence-electron chi connectivity index (χ2n) is 2.41. The van der Waals surface area contributed by atoms with E-state index in [2.05, 4.69) is 0 Å². The van der Waals surface area contributed by atoms with E-state index in [9.17, 15) is 0 Å². The summed E-state index contributed by atoms with van der Waals surface area (Å²) in [5.41, 5.74) is 6.48. The second kappa shape index (κ2) is 5.20. The summed E-state index contributed by atoms with van der Waals surface area (Å²) in [7, 11) is 2.99. The molecule has 0 radical (unpaired) electrons. The molecule has 0 heterocycles. The Labute approximate surface area is 88.6 Å². The number of nitrogen functional groups attached to an aromatic ring is 1. The standard InChI is InChI=1S/C9H10N2O2.ClH/c1-12-8-4-7(11)9(13-2)3-6(8)5-10;/h3-4H,11H2,1-2H3;1H. The van der Waals surface area contributed by atoms with E-state index in [1.54, 1.807) is 12.1 Å². The molecule has 5 heteroatoms. The van der Waals surface area contributed by atoms with Crippen LogP contribution in [-0.4, -0.2) is 14.2 Å². The van der Waals surface area contributed by atoms with Crippen LogP contribution in [0.5, 0.6) is 11.5 Å². The summed E-state index contributed by atoms with van der Waals surface area (Å²) in [5, 5.41) is 8.73. The van der Waals surface area contributed by atoms with Crippen molar-refractivity contribution >= 4 is 18.1 Å². The van der Waals surface area contributed by atoms with Crippen LogP contribution in [0.15, 0.2) is 12.1 Å². The third-order valence-corrected chi connectivity index (χ3v) is 1.67. The van der Waals surface area contributed by atoms with Crippen molar-refractivity contribution in [1.82, 2.24) is 0 Å². The lowest BCUT2D eigenvalue weighted by molar-refractivity contribution is 0.404. The van der Waals surface area contributed by atoms with Gasteiger partial charge in [0.15, 0.2) is 0 Å². The molecule has 0 atom stereocenters. The average Bonchev–Trinajstić information content (AvgIpc) is 2.17. The van der Waals surface area contributed by atoms with Crippen LogP contribution in [0.2, 0.25) is 0 Å². The molecule has 76 valence electrons. The van der Waals surface area contributed by atoms with E-state index in [-0.39, 0.29) is 12.4 Å². The Kier molecular flexibility index (Phi) is 4.60. The van der Waals surface area contributed by atoms with E-state index in [1.165, 1.54) is 14.2 Å². The minimum Gasteiger partial charge on any atom is -0.495 e. The van der Waals surface area contributed by atoms with Gasteiger partial charge in [-0.25, -0.2) is 0 Å². The average molecular weight is 215 g/mol. The van der Waals surface area contributed by atoms with Crippen molar-refractivity contribution in [3.63, 3.8) is 0 Å². The normalized spacial score (nSPS) is 8.36. The van der Waals surface area contributed by atoms with Gasteiger partial charge in [0.05, 0.1) is 25.5 Å². The summed E-state index contributed by atoms with van der Waals surface area (Å²) < 4.78 is 9.91. The molecule has 0 unspecified atom stereocenters. The van der Waals surface area contributed by atoms with E-state index in [1.807, 2.05) is 6.07 Å². The van der Waals surface area contributed by atoms with Crippen molar-refractivity contribution in [2.45, 2.75) is 0 Å². The molecule has 1 aromatic rings. The van der Waals surface area contributed by atoms with Gasteiger partial charge in [-0.2, -0.15) is 5.26 Å². The number of benzene rings is 1. The number of anilines is 1. The first-order chi connectivity index (χ1) is 6.22. The van der Waals surface area contributed by atoms with Gasteiger partial charge in [0.25, 0.3) is 0 Å². The Morgan fingerprint density at radius 3 is 2.21 bits per heavy atom. The summed E-state index contributed by atoms with van der Waals surface area (Å²) >= 11 is 0. The second-order valence-corrected chi connectivity index (χ2v) is 2.41. The topological polar surface area (TPSA) is 68.3 Å². The highest BCUT2D eigenvalue weighted by molar-refractivity contribution is 5.85. The first-order valence-corrected chi connectivity index (χ1v) is 3.64. The Balaban J connectivity index is 0.00000169. The van der Waals surface area contributed by atoms with Crippen molar-refractivity contribution < 1.29 is 9.47 Å². The first-order valence-electron chi connectivity index (χ1n) is 3.64. The molecule has 0 aliphatic rings. The smallest absolute Gasteiger partial charge is 0.143 e. The molecule has 1 aromatic carbocycles. The predicted molar refractivity (Wildman–Crippen MR) is 55.9 cm³/mol. The third-order valence-electron chi connectivity index (χ3n) is 1.67. The maximum Gasteiger partial charge on any atom is 0.143 e. The van der Waals surface area contributed by atoms with Crippen LogP contribution < -0.4 is 15.2 Å². The number of hydrogen-bond donors (Lipinski definition) is 1. The molecule has 0 fully saturated rings. The minimum atomic E-state index is 0. The van der Waals surface area contributed by atoms with Gasteiger partial charge in [-0.3, -0.25) is 0 Å². The highest BCUT2D eigenvalue weighted by atomic mass is 35.5. The fraction of sp³-hybridized carbons (Fsp3) is 0.222. The van der Waals surface area contributed by atoms with Crippen LogP contribution >= 0.6 is 12.4 Å². The first kappa shape index (κ1) is 12.4. The molecule has 0 saturated carbocycles. The highest BCUT2D eigenvalue weighted by Crippen LogP contribution is 2.29. The van der Waals surface area contributed by atoms with E-state index >= 15 is 0 Å². The van der Waals surface area contributed by atoms with Crippen molar-refractivity contribution in [3.05, 3.63) is 17.7 Å². The van der Waals surface area contributed by atoms with Crippen LogP contribution in [0.4, 0.5) is 5.69 Å². The SMILES string of the molecule is COc1cc(C#N)c(OC)cc1N.Cl. The fourth-order valence-corrected chi connectivity index (χ4v) is 1.01. The van der Waals surface area contributed by atoms with E-state index in [0.717, 1.165) is 0 Å². The summed E-state index contributed by atoms with van der Waals surface area (Å²) in [6, 6.07) is 5.10. The lowest BCUT2D eigenvalue weighted by atomic mass is 10.2. The number of ether oxygens (including phenoxy) is 2. The molecular formula is C9H11ClN2O2. The number of nitrogens with zero attached hydrogens (tertiary/aromatic N) is 1. The lowest BCUT2D eigenvalue weighted by Crippen LogP contribution is -1.96. The molecule has 0 aromatic heterocycles. The maximum absolute atomic E-state index is 8.73. The lowest BCUT2D eigenvalue weighted by Gasteiger charge is -2.07. The molecule has 4 nitrogen and oxygen atoms in total. The molecule has 0 aliphatic carbocycles. The number of halogens is 1. The van der Waals surface area contributed by atoms with Crippen LogP contribution in [0.3, 0.4) is 0 Å². The van der Waals surface area contributed by atoms with E-state index in [4.69, 9.17) is 20.5 Å². The molecule has 0 saturated heterocycles. The number of hydrogen-bond acceptors (Lipinski definition) is 4. The fourth-order valence-electron chi connectivity index (χ4n) is 1.01. The van der Waals surface area contributed by atoms with Crippen LogP contribution in [0.25, 0.3) is 0 Å². The molecule has 0 spiro atoms. The zero-order valence-corrected chi connectivity index (χ0v) is 8.72. The van der Waals surface area contributed by atoms with Crippen molar-refractivity contribution in [2.24, 2.45) is 0 Å². The molecular weight excluding hydrogens is 204 g/mol. The molecule has 1 rings (SSSR count). The van der Waals surface area contributed by atoms with Crippen molar-refractivity contribution in [3.8, 4) is 17.6 Å². The van der Waals surface area contributed by atoms with Gasteiger partial charge in [0.1, 0.15) is 17.6 Å². The van der Waals surface area contributed by atoms with Gasteiger partial charge in [-0.1, -0.05) is 0 Å². The Morgan fingerprint density at radius 2 is 1.79 bits per heavy atom. The summed E-state index contributed by atoms with van der Waals surface area (Å²) in [5.74, 6) is 0.943. The van der Waals surface area contributed by atoms with Gasteiger partial charge < -0.3 is 15.2 Å². The quantitative estimate of drug-likeness (QED) is 0.759. The van der Waals surface area contributed by atoms with E-state index in [0.29, 0.717) is 22.7 Å². The molecule has 14 heavy (non-hydrogen) atoms. The van der Waals surface area contributed by atoms with Gasteiger partial charge in [0, 0.05) is 12.1 Å². The Bertz CT molecular complexity index is 361. The van der Waals surface area contributed by atoms with E-state index < -0.39 is 0 Å². The largest absolute Gasteiger partial charge is 0.495 e. The van der Waals surface area contributed by atoms with Crippen molar-refractivity contribution in [2.75, 3.05) is 20.0 Å². The molecule has 2 N–H and O–H groups in total. The number of nitrogens with two attached hydrogens (primary N) is 1. The molecule has 0 bridgehead atoms. The van der Waals surface area contributed by atoms with Gasteiger partial charge in [-0.15, -0.1) is 12.4 Å². The minimum absolute atomic E-state index is 0. The Hall–Kier alpha value is -1.60. The van der Waals surface area contributed by atoms with Crippen LogP contribution in [-0.2, 0) is 0 Å². The van der Waals surface area contributed by atoms with Gasteiger partial charge in [-0.05, 0) is 0 Å². The van der Waals surface area contributed by atoms with Crippen molar-refractivity contribution in [1.29, 1.82) is 5.26 Å². The third kappa shape index (κ3) is 2.21. The highest BCUT2D eigenvalue weighted by Gasteiger charge is 2.07. The Morgan fingerprint density at radius 1 is 1.21 bits per heavy atom. The molecule has 0 amide bonds. The zero-order chi connectivity index (χ0) is 9.84. The van der Waals surface area contributed by atoms with Gasteiger partial charge >= 0.3 is 0 Å². The number of methoxy groups -OCH3 is 2. The number of rotatable bonds is 2. The zero-order valence-electron chi connectivity index (χ0n) is 7.90. The monoisotopic (exact) mass is 214 g/mol. The maximum atomic E-state index is 8.73. The summed E-state index contributed by atoms with van der Waals surface area (Å²) in [4.78, 5) is 0. The summed E-state index contributed by atoms with van der Waals surface area (Å²) in [6.07, 6.45) is 0. The van der Waals surface area contributed by atoms with Crippen LogP contribution in [0.1, 0.15) is 5.56 Å².